The quantitative estimate of drug-likeness (QED) is 0.712. The molecule has 0 saturated heterocycles. The topological polar surface area (TPSA) is 43.1 Å². The number of ketones is 1. The van der Waals surface area contributed by atoms with Crippen molar-refractivity contribution in [1.82, 2.24) is 0 Å². The fourth-order valence-electron chi connectivity index (χ4n) is 1.23. The Kier molecular flexibility index (Phi) is 3.65. The lowest BCUT2D eigenvalue weighted by molar-refractivity contribution is 0.0988. The molecular formula is C11H15NO. The molecule has 0 atom stereocenters. The van der Waals surface area contributed by atoms with Gasteiger partial charge in [0.25, 0.3) is 0 Å². The molecule has 0 aliphatic heterocycles. The summed E-state index contributed by atoms with van der Waals surface area (Å²) in [7, 11) is 0. The van der Waals surface area contributed by atoms with Crippen LogP contribution in [-0.4, -0.2) is 12.3 Å². The maximum absolute atomic E-state index is 11.3. The second-order valence-electron chi connectivity index (χ2n) is 3.01. The molecule has 1 aromatic rings. The van der Waals surface area contributed by atoms with E-state index in [1.54, 1.807) is 0 Å². The third-order valence-electron chi connectivity index (χ3n) is 2.03. The van der Waals surface area contributed by atoms with Gasteiger partial charge in [0.05, 0.1) is 0 Å². The van der Waals surface area contributed by atoms with Gasteiger partial charge in [0.1, 0.15) is 0 Å². The number of Topliss-reactive ketones (excluding diaryl/α,β-unsaturated/α-hetero) is 1. The summed E-state index contributed by atoms with van der Waals surface area (Å²) in [6.07, 6.45) is 1.44. The number of carbonyl (C=O) groups is 1. The largest absolute Gasteiger partial charge is 0.330 e. The summed E-state index contributed by atoms with van der Waals surface area (Å²) in [5, 5.41) is 0. The maximum Gasteiger partial charge on any atom is 0.162 e. The Morgan fingerprint density at radius 2 is 1.92 bits per heavy atom. The van der Waals surface area contributed by atoms with Gasteiger partial charge in [-0.25, -0.2) is 0 Å². The normalized spacial score (nSPS) is 10.0. The van der Waals surface area contributed by atoms with Gasteiger partial charge < -0.3 is 5.73 Å². The lowest BCUT2D eigenvalue weighted by Gasteiger charge is -2.00. The molecule has 0 saturated carbocycles. The standard InChI is InChI=1S/C11H15NO/c1-2-11(13)10-5-3-9(4-6-10)7-8-12/h3-6H,2,7-8,12H2,1H3. The van der Waals surface area contributed by atoms with E-state index in [1.807, 2.05) is 31.2 Å². The van der Waals surface area contributed by atoms with Crippen molar-refractivity contribution in [3.05, 3.63) is 35.4 Å². The fourth-order valence-corrected chi connectivity index (χ4v) is 1.23. The Labute approximate surface area is 78.8 Å². The second kappa shape index (κ2) is 4.77. The monoisotopic (exact) mass is 177 g/mol. The molecule has 0 heterocycles. The number of nitrogens with two attached hydrogens (primary N) is 1. The van der Waals surface area contributed by atoms with Gasteiger partial charge in [-0.15, -0.1) is 0 Å². The Morgan fingerprint density at radius 1 is 1.31 bits per heavy atom. The van der Waals surface area contributed by atoms with Gasteiger partial charge in [0.2, 0.25) is 0 Å². The van der Waals surface area contributed by atoms with E-state index in [9.17, 15) is 4.79 Å². The highest BCUT2D eigenvalue weighted by molar-refractivity contribution is 5.95. The van der Waals surface area contributed by atoms with Crippen LogP contribution in [0.15, 0.2) is 24.3 Å². The third-order valence-corrected chi connectivity index (χ3v) is 2.03. The summed E-state index contributed by atoms with van der Waals surface area (Å²) >= 11 is 0. The van der Waals surface area contributed by atoms with Gasteiger partial charge in [-0.2, -0.15) is 0 Å². The van der Waals surface area contributed by atoms with E-state index in [1.165, 1.54) is 5.56 Å². The number of carbonyl (C=O) groups excluding carboxylic acids is 1. The first-order valence-electron chi connectivity index (χ1n) is 4.60. The average molecular weight is 177 g/mol. The molecule has 1 rings (SSSR count). The molecule has 0 spiro atoms. The van der Waals surface area contributed by atoms with E-state index in [0.29, 0.717) is 13.0 Å². The van der Waals surface area contributed by atoms with Crippen LogP contribution in [0.1, 0.15) is 29.3 Å². The van der Waals surface area contributed by atoms with Gasteiger partial charge in [0.15, 0.2) is 5.78 Å². The maximum atomic E-state index is 11.3. The molecule has 1 aromatic carbocycles. The highest BCUT2D eigenvalue weighted by Gasteiger charge is 2.01. The van der Waals surface area contributed by atoms with E-state index in [-0.39, 0.29) is 5.78 Å². The smallest absolute Gasteiger partial charge is 0.162 e. The van der Waals surface area contributed by atoms with Crippen molar-refractivity contribution in [1.29, 1.82) is 0 Å². The summed E-state index contributed by atoms with van der Waals surface area (Å²) in [5.41, 5.74) is 7.40. The van der Waals surface area contributed by atoms with Crippen molar-refractivity contribution in [2.75, 3.05) is 6.54 Å². The van der Waals surface area contributed by atoms with Crippen LogP contribution in [0, 0.1) is 0 Å². The molecule has 0 fully saturated rings. The molecule has 2 nitrogen and oxygen atoms in total. The van der Waals surface area contributed by atoms with Crippen LogP contribution in [-0.2, 0) is 6.42 Å². The summed E-state index contributed by atoms with van der Waals surface area (Å²) in [6, 6.07) is 7.68. The van der Waals surface area contributed by atoms with Crippen molar-refractivity contribution in [2.45, 2.75) is 19.8 Å². The number of benzene rings is 1. The molecule has 2 N–H and O–H groups in total. The molecule has 0 unspecified atom stereocenters. The minimum absolute atomic E-state index is 0.194. The van der Waals surface area contributed by atoms with Crippen LogP contribution in [0.25, 0.3) is 0 Å². The highest BCUT2D eigenvalue weighted by Crippen LogP contribution is 2.06. The summed E-state index contributed by atoms with van der Waals surface area (Å²) in [5.74, 6) is 0.194. The zero-order valence-electron chi connectivity index (χ0n) is 7.92. The van der Waals surface area contributed by atoms with Crippen molar-refractivity contribution >= 4 is 5.78 Å². The average Bonchev–Trinajstić information content (AvgIpc) is 2.18. The first kappa shape index (κ1) is 9.93. The fraction of sp³-hybridized carbons (Fsp3) is 0.364. The van der Waals surface area contributed by atoms with E-state index in [0.717, 1.165) is 12.0 Å². The molecule has 0 amide bonds. The number of hydrogen-bond acceptors (Lipinski definition) is 2. The molecule has 0 bridgehead atoms. The summed E-state index contributed by atoms with van der Waals surface area (Å²) < 4.78 is 0. The lowest BCUT2D eigenvalue weighted by atomic mass is 10.1. The Hall–Kier alpha value is -1.15. The lowest BCUT2D eigenvalue weighted by Crippen LogP contribution is -2.03. The predicted molar refractivity (Wildman–Crippen MR) is 53.8 cm³/mol. The highest BCUT2D eigenvalue weighted by atomic mass is 16.1. The van der Waals surface area contributed by atoms with Crippen LogP contribution in [0.2, 0.25) is 0 Å². The third kappa shape index (κ3) is 2.67. The minimum atomic E-state index is 0.194. The van der Waals surface area contributed by atoms with Gasteiger partial charge >= 0.3 is 0 Å². The number of rotatable bonds is 4. The molecule has 13 heavy (non-hydrogen) atoms. The van der Waals surface area contributed by atoms with E-state index >= 15 is 0 Å². The minimum Gasteiger partial charge on any atom is -0.330 e. The van der Waals surface area contributed by atoms with Crippen LogP contribution < -0.4 is 5.73 Å². The van der Waals surface area contributed by atoms with Crippen molar-refractivity contribution in [3.8, 4) is 0 Å². The van der Waals surface area contributed by atoms with E-state index < -0.39 is 0 Å². The molecule has 0 radical (unpaired) electrons. The second-order valence-corrected chi connectivity index (χ2v) is 3.01. The van der Waals surface area contributed by atoms with Crippen molar-refractivity contribution < 1.29 is 4.79 Å². The van der Waals surface area contributed by atoms with Gasteiger partial charge in [-0.1, -0.05) is 31.2 Å². The van der Waals surface area contributed by atoms with Gasteiger partial charge in [0, 0.05) is 12.0 Å². The Morgan fingerprint density at radius 3 is 2.38 bits per heavy atom. The zero-order valence-corrected chi connectivity index (χ0v) is 7.92. The molecule has 0 aliphatic rings. The summed E-state index contributed by atoms with van der Waals surface area (Å²) in [4.78, 5) is 11.3. The predicted octanol–water partition coefficient (Wildman–Crippen LogP) is 1.78. The first-order valence-corrected chi connectivity index (χ1v) is 4.60. The van der Waals surface area contributed by atoms with E-state index in [2.05, 4.69) is 0 Å². The van der Waals surface area contributed by atoms with Crippen LogP contribution in [0.4, 0.5) is 0 Å². The molecule has 2 heteroatoms. The van der Waals surface area contributed by atoms with Gasteiger partial charge in [-0.3, -0.25) is 4.79 Å². The Balaban J connectivity index is 2.75. The SMILES string of the molecule is CCC(=O)c1ccc(CCN)cc1. The van der Waals surface area contributed by atoms with Crippen LogP contribution in [0.5, 0.6) is 0 Å². The first-order chi connectivity index (χ1) is 6.27. The Bertz CT molecular complexity index is 277. The molecule has 70 valence electrons. The van der Waals surface area contributed by atoms with Crippen LogP contribution >= 0.6 is 0 Å². The van der Waals surface area contributed by atoms with Crippen LogP contribution in [0.3, 0.4) is 0 Å². The van der Waals surface area contributed by atoms with Crippen molar-refractivity contribution in [3.63, 3.8) is 0 Å². The molecule has 0 aromatic heterocycles. The number of hydrogen-bond donors (Lipinski definition) is 1. The summed E-state index contributed by atoms with van der Waals surface area (Å²) in [6.45, 7) is 2.52. The molecular weight excluding hydrogens is 162 g/mol. The zero-order chi connectivity index (χ0) is 9.68. The van der Waals surface area contributed by atoms with Crippen molar-refractivity contribution in [2.24, 2.45) is 5.73 Å². The molecule has 0 aliphatic carbocycles. The van der Waals surface area contributed by atoms with Gasteiger partial charge in [-0.05, 0) is 18.5 Å². The van der Waals surface area contributed by atoms with E-state index in [4.69, 9.17) is 5.73 Å².